The average Bonchev–Trinajstić information content (AvgIpc) is 2.20. The highest BCUT2D eigenvalue weighted by Gasteiger charge is 2.18. The molecule has 0 spiro atoms. The van der Waals surface area contributed by atoms with Gasteiger partial charge in [0, 0.05) is 22.5 Å². The second kappa shape index (κ2) is 5.34. The number of benzene rings is 1. The Kier molecular flexibility index (Phi) is 4.28. The number of hydrogen-bond acceptors (Lipinski definition) is 2. The zero-order valence-corrected chi connectivity index (χ0v) is 11.7. The van der Waals surface area contributed by atoms with Gasteiger partial charge in [-0.3, -0.25) is 0 Å². The summed E-state index contributed by atoms with van der Waals surface area (Å²) in [6.07, 6.45) is 0. The van der Waals surface area contributed by atoms with Gasteiger partial charge in [-0.25, -0.2) is 4.39 Å². The van der Waals surface area contributed by atoms with Gasteiger partial charge in [0.15, 0.2) is 0 Å². The van der Waals surface area contributed by atoms with Crippen LogP contribution in [0.15, 0.2) is 17.8 Å². The van der Waals surface area contributed by atoms with E-state index < -0.39 is 0 Å². The molecule has 0 saturated heterocycles. The van der Waals surface area contributed by atoms with Crippen molar-refractivity contribution >= 4 is 11.3 Å². The molecule has 0 aromatic heterocycles. The van der Waals surface area contributed by atoms with Crippen molar-refractivity contribution in [2.24, 2.45) is 5.73 Å². The van der Waals surface area contributed by atoms with Crippen LogP contribution in [-0.4, -0.2) is 5.71 Å². The Morgan fingerprint density at radius 2 is 1.83 bits per heavy atom. The minimum Gasteiger partial charge on any atom is -0.402 e. The van der Waals surface area contributed by atoms with Gasteiger partial charge in [-0.15, -0.1) is 0 Å². The van der Waals surface area contributed by atoms with Gasteiger partial charge in [0.1, 0.15) is 5.82 Å². The van der Waals surface area contributed by atoms with Crippen molar-refractivity contribution in [1.29, 1.82) is 5.41 Å². The molecule has 0 aliphatic rings. The Labute approximate surface area is 108 Å². The van der Waals surface area contributed by atoms with E-state index in [-0.39, 0.29) is 17.4 Å². The maximum absolute atomic E-state index is 14.6. The maximum Gasteiger partial charge on any atom is 0.134 e. The first-order chi connectivity index (χ1) is 8.27. The van der Waals surface area contributed by atoms with Crippen LogP contribution in [0.4, 0.5) is 4.39 Å². The lowest BCUT2D eigenvalue weighted by Crippen LogP contribution is -2.09. The predicted molar refractivity (Wildman–Crippen MR) is 75.4 cm³/mol. The Hall–Kier alpha value is -1.64. The van der Waals surface area contributed by atoms with E-state index in [2.05, 4.69) is 0 Å². The lowest BCUT2D eigenvalue weighted by atomic mass is 9.90. The van der Waals surface area contributed by atoms with Gasteiger partial charge in [-0.2, -0.15) is 0 Å². The molecule has 1 rings (SSSR count). The van der Waals surface area contributed by atoms with Gasteiger partial charge in [-0.1, -0.05) is 26.0 Å². The second-order valence-electron chi connectivity index (χ2n) is 5.00. The highest BCUT2D eigenvalue weighted by atomic mass is 19.1. The number of rotatable bonds is 3. The Morgan fingerprint density at radius 3 is 2.22 bits per heavy atom. The molecule has 0 aliphatic carbocycles. The summed E-state index contributed by atoms with van der Waals surface area (Å²) in [7, 11) is 0. The molecule has 0 fully saturated rings. The fourth-order valence-corrected chi connectivity index (χ4v) is 2.30. The molecule has 0 unspecified atom stereocenters. The maximum atomic E-state index is 14.6. The summed E-state index contributed by atoms with van der Waals surface area (Å²) < 4.78 is 14.6. The monoisotopic (exact) mass is 248 g/mol. The number of hydrogen-bond donors (Lipinski definition) is 2. The van der Waals surface area contributed by atoms with E-state index >= 15 is 0 Å². The van der Waals surface area contributed by atoms with Gasteiger partial charge in [-0.05, 0) is 37.8 Å². The SMILES string of the molecule is CC(=N)/C(=C(/C)N)c1ccc(C)c(C(C)C)c1F. The van der Waals surface area contributed by atoms with Crippen LogP contribution in [-0.2, 0) is 0 Å². The Balaban J connectivity index is 3.58. The smallest absolute Gasteiger partial charge is 0.134 e. The quantitative estimate of drug-likeness (QED) is 0.781. The molecule has 2 nitrogen and oxygen atoms in total. The van der Waals surface area contributed by atoms with E-state index in [1.54, 1.807) is 19.9 Å². The Morgan fingerprint density at radius 1 is 1.28 bits per heavy atom. The van der Waals surface area contributed by atoms with Crippen molar-refractivity contribution < 1.29 is 4.39 Å². The Bertz CT molecular complexity index is 509. The summed E-state index contributed by atoms with van der Waals surface area (Å²) in [6.45, 7) is 9.15. The minimum atomic E-state index is -0.253. The zero-order chi connectivity index (χ0) is 14.0. The van der Waals surface area contributed by atoms with Crippen molar-refractivity contribution in [3.05, 3.63) is 40.3 Å². The summed E-state index contributed by atoms with van der Waals surface area (Å²) in [5, 5.41) is 7.74. The minimum absolute atomic E-state index is 0.107. The van der Waals surface area contributed by atoms with Crippen LogP contribution >= 0.6 is 0 Å². The van der Waals surface area contributed by atoms with Crippen molar-refractivity contribution in [1.82, 2.24) is 0 Å². The van der Waals surface area contributed by atoms with Crippen LogP contribution in [0.5, 0.6) is 0 Å². The first-order valence-electron chi connectivity index (χ1n) is 6.08. The molecule has 0 atom stereocenters. The van der Waals surface area contributed by atoms with E-state index in [0.29, 0.717) is 22.4 Å². The molecule has 1 aromatic carbocycles. The van der Waals surface area contributed by atoms with Crippen molar-refractivity contribution in [3.8, 4) is 0 Å². The molecule has 0 bridgehead atoms. The van der Waals surface area contributed by atoms with E-state index in [4.69, 9.17) is 11.1 Å². The van der Waals surface area contributed by atoms with E-state index in [1.807, 2.05) is 26.8 Å². The van der Waals surface area contributed by atoms with Gasteiger partial charge >= 0.3 is 0 Å². The van der Waals surface area contributed by atoms with Crippen molar-refractivity contribution in [2.45, 2.75) is 40.5 Å². The number of aryl methyl sites for hydroxylation is 1. The van der Waals surface area contributed by atoms with Crippen molar-refractivity contribution in [2.75, 3.05) is 0 Å². The van der Waals surface area contributed by atoms with Gasteiger partial charge < -0.3 is 11.1 Å². The van der Waals surface area contributed by atoms with Crippen LogP contribution in [0.2, 0.25) is 0 Å². The second-order valence-corrected chi connectivity index (χ2v) is 5.00. The summed E-state index contributed by atoms with van der Waals surface area (Å²) in [6, 6.07) is 3.60. The average molecular weight is 248 g/mol. The van der Waals surface area contributed by atoms with Crippen LogP contribution < -0.4 is 5.73 Å². The van der Waals surface area contributed by atoms with Crippen molar-refractivity contribution in [3.63, 3.8) is 0 Å². The molecule has 0 aliphatic heterocycles. The normalized spacial score (nSPS) is 12.6. The lowest BCUT2D eigenvalue weighted by Gasteiger charge is -2.16. The van der Waals surface area contributed by atoms with E-state index in [9.17, 15) is 4.39 Å². The summed E-state index contributed by atoms with van der Waals surface area (Å²) >= 11 is 0. The van der Waals surface area contributed by atoms with Crippen LogP contribution in [0.3, 0.4) is 0 Å². The number of halogens is 1. The molecule has 0 amide bonds. The topological polar surface area (TPSA) is 49.9 Å². The molecule has 0 radical (unpaired) electrons. The summed E-state index contributed by atoms with van der Waals surface area (Å²) in [5.41, 5.74) is 9.09. The van der Waals surface area contributed by atoms with Crippen LogP contribution in [0.1, 0.15) is 50.3 Å². The standard InChI is InChI=1S/C15H21FN2/c1-8(2)13-9(3)6-7-12(15(13)16)14(10(4)17)11(5)18/h6-8,17H,18H2,1-5H3/b14-11+,17-10?. The molecule has 3 N–H and O–H groups in total. The first kappa shape index (κ1) is 14.4. The van der Waals surface area contributed by atoms with Crippen LogP contribution in [0, 0.1) is 18.2 Å². The third kappa shape index (κ3) is 2.61. The largest absolute Gasteiger partial charge is 0.402 e. The molecule has 3 heteroatoms. The van der Waals surface area contributed by atoms with Crippen LogP contribution in [0.25, 0.3) is 5.57 Å². The van der Waals surface area contributed by atoms with Gasteiger partial charge in [0.05, 0.1) is 0 Å². The fourth-order valence-electron chi connectivity index (χ4n) is 2.30. The third-order valence-corrected chi connectivity index (χ3v) is 3.01. The van der Waals surface area contributed by atoms with E-state index in [1.165, 1.54) is 0 Å². The first-order valence-corrected chi connectivity index (χ1v) is 6.08. The number of nitrogens with one attached hydrogen (secondary N) is 1. The van der Waals surface area contributed by atoms with Gasteiger partial charge in [0.2, 0.25) is 0 Å². The summed E-state index contributed by atoms with van der Waals surface area (Å²) in [4.78, 5) is 0. The number of nitrogens with two attached hydrogens (primary N) is 1. The zero-order valence-electron chi connectivity index (χ0n) is 11.7. The molecular formula is C15H21FN2. The molecular weight excluding hydrogens is 227 g/mol. The van der Waals surface area contributed by atoms with E-state index in [0.717, 1.165) is 5.56 Å². The molecule has 98 valence electrons. The molecule has 1 aromatic rings. The lowest BCUT2D eigenvalue weighted by molar-refractivity contribution is 0.592. The fraction of sp³-hybridized carbons (Fsp3) is 0.400. The third-order valence-electron chi connectivity index (χ3n) is 3.01. The predicted octanol–water partition coefficient (Wildman–Crippen LogP) is 3.99. The number of allylic oxidation sites excluding steroid dienone is 2. The highest BCUT2D eigenvalue weighted by Crippen LogP contribution is 2.29. The van der Waals surface area contributed by atoms with Gasteiger partial charge in [0.25, 0.3) is 0 Å². The molecule has 18 heavy (non-hydrogen) atoms. The molecule has 0 heterocycles. The summed E-state index contributed by atoms with van der Waals surface area (Å²) in [5.74, 6) is -0.147. The molecule has 0 saturated carbocycles. The highest BCUT2D eigenvalue weighted by molar-refractivity contribution is 6.21.